The van der Waals surface area contributed by atoms with Crippen LogP contribution in [0.2, 0.25) is 0 Å². The van der Waals surface area contributed by atoms with Gasteiger partial charge >= 0.3 is 0 Å². The molecule has 1 aliphatic rings. The molecule has 1 aliphatic heterocycles. The van der Waals surface area contributed by atoms with Crippen LogP contribution in [0, 0.1) is 0 Å². The summed E-state index contributed by atoms with van der Waals surface area (Å²) < 4.78 is 51.0. The third kappa shape index (κ3) is 4.69. The van der Waals surface area contributed by atoms with Gasteiger partial charge in [0, 0.05) is 18.8 Å². The first-order chi connectivity index (χ1) is 13.6. The Morgan fingerprint density at radius 1 is 1.10 bits per heavy atom. The summed E-state index contributed by atoms with van der Waals surface area (Å²) in [5, 5.41) is 9.42. The Labute approximate surface area is 174 Å². The lowest BCUT2D eigenvalue weighted by Crippen LogP contribution is -2.36. The molecule has 158 valence electrons. The fourth-order valence-electron chi connectivity index (χ4n) is 3.29. The molecular weight excluding hydrogens is 434 g/mol. The average molecular weight is 458 g/mol. The molecule has 3 N–H and O–H groups in total. The Bertz CT molecular complexity index is 1120. The second-order valence-electron chi connectivity index (χ2n) is 6.75. The number of aryl methyl sites for hydroxylation is 1. The number of carbonyl (C=O) groups is 1. The van der Waals surface area contributed by atoms with Gasteiger partial charge in [0.1, 0.15) is 9.77 Å². The highest BCUT2D eigenvalue weighted by Gasteiger charge is 2.31. The number of primary sulfonamides is 1. The number of benzene rings is 1. The van der Waals surface area contributed by atoms with E-state index >= 15 is 0 Å². The first-order valence-corrected chi connectivity index (χ1v) is 13.1. The van der Waals surface area contributed by atoms with E-state index in [0.29, 0.717) is 25.1 Å². The predicted octanol–water partition coefficient (Wildman–Crippen LogP) is 2.38. The second-order valence-corrected chi connectivity index (χ2v) is 11.1. The number of carbonyl (C=O) groups excluding carboxylic acids is 1. The van der Waals surface area contributed by atoms with Crippen molar-refractivity contribution in [1.29, 1.82) is 0 Å². The van der Waals surface area contributed by atoms with Crippen molar-refractivity contribution >= 4 is 43.0 Å². The second kappa shape index (κ2) is 8.52. The molecule has 1 fully saturated rings. The van der Waals surface area contributed by atoms with Gasteiger partial charge in [0.05, 0.1) is 4.90 Å². The van der Waals surface area contributed by atoms with Gasteiger partial charge in [-0.1, -0.05) is 19.4 Å². The maximum Gasteiger partial charge on any atom is 0.267 e. The first kappa shape index (κ1) is 21.9. The number of sulfonamides is 2. The van der Waals surface area contributed by atoms with E-state index in [2.05, 4.69) is 5.32 Å². The molecule has 0 unspecified atom stereocenters. The molecule has 2 heterocycles. The number of rotatable bonds is 6. The summed E-state index contributed by atoms with van der Waals surface area (Å²) in [6.45, 7) is 2.68. The van der Waals surface area contributed by atoms with Crippen molar-refractivity contribution in [3.63, 3.8) is 0 Å². The number of nitrogens with two attached hydrogens (primary N) is 1. The zero-order valence-electron chi connectivity index (χ0n) is 15.9. The summed E-state index contributed by atoms with van der Waals surface area (Å²) in [6, 6.07) is 5.87. The molecule has 0 bridgehead atoms. The zero-order valence-corrected chi connectivity index (χ0v) is 18.4. The molecule has 0 saturated carbocycles. The summed E-state index contributed by atoms with van der Waals surface area (Å²) in [4.78, 5) is 12.7. The van der Waals surface area contributed by atoms with Gasteiger partial charge in [-0.15, -0.1) is 11.3 Å². The Balaban J connectivity index is 1.89. The third-order valence-electron chi connectivity index (χ3n) is 4.78. The number of nitrogens with zero attached hydrogens (tertiary/aromatic N) is 1. The van der Waals surface area contributed by atoms with Gasteiger partial charge in [-0.05, 0) is 48.4 Å². The molecule has 1 aromatic heterocycles. The van der Waals surface area contributed by atoms with Crippen molar-refractivity contribution in [1.82, 2.24) is 4.31 Å². The largest absolute Gasteiger partial charge is 0.321 e. The summed E-state index contributed by atoms with van der Waals surface area (Å²) in [5.74, 6) is -0.611. The number of hydrogen-bond acceptors (Lipinski definition) is 6. The average Bonchev–Trinajstić information content (AvgIpc) is 3.19. The predicted molar refractivity (Wildman–Crippen MR) is 112 cm³/mol. The fourth-order valence-corrected chi connectivity index (χ4v) is 6.97. The summed E-state index contributed by atoms with van der Waals surface area (Å²) in [5.41, 5.74) is 0.765. The molecule has 11 heteroatoms. The molecule has 0 radical (unpaired) electrons. The molecule has 0 aliphatic carbocycles. The fraction of sp³-hybridized carbons (Fsp3) is 0.389. The van der Waals surface area contributed by atoms with Crippen molar-refractivity contribution in [2.24, 2.45) is 5.14 Å². The molecule has 8 nitrogen and oxygen atoms in total. The minimum Gasteiger partial charge on any atom is -0.321 e. The van der Waals surface area contributed by atoms with Gasteiger partial charge in [0.25, 0.3) is 5.91 Å². The van der Waals surface area contributed by atoms with Gasteiger partial charge < -0.3 is 5.32 Å². The van der Waals surface area contributed by atoms with Gasteiger partial charge in [-0.3, -0.25) is 4.79 Å². The van der Waals surface area contributed by atoms with Crippen LogP contribution in [-0.2, 0) is 26.5 Å². The molecule has 1 saturated heterocycles. The third-order valence-corrected chi connectivity index (χ3v) is 8.76. The smallest absolute Gasteiger partial charge is 0.267 e. The SMILES string of the molecule is CCc1ccc(NC(=O)c2sccc2S(=O)(=O)N2CCCCC2)cc1S(N)(=O)=O. The monoisotopic (exact) mass is 457 g/mol. The van der Waals surface area contributed by atoms with Crippen LogP contribution in [0.3, 0.4) is 0 Å². The lowest BCUT2D eigenvalue weighted by atomic mass is 10.1. The molecular formula is C18H23N3O5S3. The van der Waals surface area contributed by atoms with Crippen molar-refractivity contribution in [2.75, 3.05) is 18.4 Å². The van der Waals surface area contributed by atoms with E-state index in [1.54, 1.807) is 24.4 Å². The summed E-state index contributed by atoms with van der Waals surface area (Å²) in [7, 11) is -7.72. The van der Waals surface area contributed by atoms with Crippen LogP contribution in [-0.4, -0.2) is 40.1 Å². The number of nitrogens with one attached hydrogen (secondary N) is 1. The molecule has 0 atom stereocenters. The highest BCUT2D eigenvalue weighted by molar-refractivity contribution is 7.89. The Kier molecular flexibility index (Phi) is 6.44. The van der Waals surface area contributed by atoms with Crippen LogP contribution in [0.15, 0.2) is 39.4 Å². The first-order valence-electron chi connectivity index (χ1n) is 9.19. The van der Waals surface area contributed by atoms with E-state index in [9.17, 15) is 21.6 Å². The van der Waals surface area contributed by atoms with Gasteiger partial charge in [-0.25, -0.2) is 22.0 Å². The quantitative estimate of drug-likeness (QED) is 0.689. The van der Waals surface area contributed by atoms with Crippen LogP contribution >= 0.6 is 11.3 Å². The highest BCUT2D eigenvalue weighted by atomic mass is 32.2. The van der Waals surface area contributed by atoms with E-state index in [1.807, 2.05) is 0 Å². The Hall–Kier alpha value is -1.79. The Morgan fingerprint density at radius 2 is 1.79 bits per heavy atom. The van der Waals surface area contributed by atoms with Gasteiger partial charge in [-0.2, -0.15) is 4.31 Å². The molecule has 1 aromatic carbocycles. The molecule has 0 spiro atoms. The molecule has 1 amide bonds. The standard InChI is InChI=1S/C18H23N3O5S3/c1-2-13-6-7-14(12-16(13)28(19,23)24)20-18(22)17-15(8-11-27-17)29(25,26)21-9-4-3-5-10-21/h6-8,11-12H,2-5,9-10H2,1H3,(H,20,22)(H2,19,23,24). The highest BCUT2D eigenvalue weighted by Crippen LogP contribution is 2.28. The lowest BCUT2D eigenvalue weighted by Gasteiger charge is -2.25. The van der Waals surface area contributed by atoms with Crippen LogP contribution in [0.25, 0.3) is 0 Å². The van der Waals surface area contributed by atoms with Crippen molar-refractivity contribution in [3.05, 3.63) is 40.1 Å². The molecule has 2 aromatic rings. The topological polar surface area (TPSA) is 127 Å². The van der Waals surface area contributed by atoms with Gasteiger partial charge in [0.15, 0.2) is 0 Å². The van der Waals surface area contributed by atoms with E-state index in [1.165, 1.54) is 16.4 Å². The number of hydrogen-bond donors (Lipinski definition) is 2. The lowest BCUT2D eigenvalue weighted by molar-refractivity contribution is 0.102. The minimum absolute atomic E-state index is 0.0289. The van der Waals surface area contributed by atoms with Crippen molar-refractivity contribution in [2.45, 2.75) is 42.4 Å². The number of amides is 1. The summed E-state index contributed by atoms with van der Waals surface area (Å²) in [6.07, 6.45) is 3.04. The van der Waals surface area contributed by atoms with Crippen molar-refractivity contribution < 1.29 is 21.6 Å². The number of thiophene rings is 1. The van der Waals surface area contributed by atoms with Crippen LogP contribution in [0.4, 0.5) is 5.69 Å². The van der Waals surface area contributed by atoms with E-state index in [4.69, 9.17) is 5.14 Å². The molecule has 29 heavy (non-hydrogen) atoms. The van der Waals surface area contributed by atoms with Gasteiger partial charge in [0.2, 0.25) is 20.0 Å². The van der Waals surface area contributed by atoms with Crippen LogP contribution in [0.5, 0.6) is 0 Å². The van der Waals surface area contributed by atoms with Crippen LogP contribution < -0.4 is 10.5 Å². The maximum absolute atomic E-state index is 13.0. The number of anilines is 1. The minimum atomic E-state index is -3.95. The normalized spacial score (nSPS) is 15.9. The zero-order chi connectivity index (χ0) is 21.2. The van der Waals surface area contributed by atoms with Crippen molar-refractivity contribution in [3.8, 4) is 0 Å². The Morgan fingerprint density at radius 3 is 2.41 bits per heavy atom. The maximum atomic E-state index is 13.0. The van der Waals surface area contributed by atoms with Crippen LogP contribution in [0.1, 0.15) is 41.4 Å². The summed E-state index contributed by atoms with van der Waals surface area (Å²) >= 11 is 1.02. The van der Waals surface area contributed by atoms with E-state index in [-0.39, 0.29) is 20.4 Å². The molecule has 3 rings (SSSR count). The number of piperidine rings is 1. The van der Waals surface area contributed by atoms with E-state index in [0.717, 1.165) is 30.6 Å². The van der Waals surface area contributed by atoms with E-state index < -0.39 is 26.0 Å².